The highest BCUT2D eigenvalue weighted by molar-refractivity contribution is 5.94. The van der Waals surface area contributed by atoms with E-state index < -0.39 is 0 Å². The molecule has 0 unspecified atom stereocenters. The van der Waals surface area contributed by atoms with Crippen molar-refractivity contribution in [2.45, 2.75) is 6.92 Å². The van der Waals surface area contributed by atoms with Gasteiger partial charge in [-0.3, -0.25) is 14.2 Å². The van der Waals surface area contributed by atoms with Crippen molar-refractivity contribution in [1.82, 2.24) is 24.1 Å². The third-order valence-electron chi connectivity index (χ3n) is 4.87. The van der Waals surface area contributed by atoms with Crippen LogP contribution in [0.5, 0.6) is 0 Å². The van der Waals surface area contributed by atoms with Crippen LogP contribution in [0.2, 0.25) is 0 Å². The Hall–Kier alpha value is -4.13. The fourth-order valence-corrected chi connectivity index (χ4v) is 3.45. The van der Waals surface area contributed by atoms with Crippen molar-refractivity contribution in [2.24, 2.45) is 0 Å². The SMILES string of the molecule is CC(=O)c1ccc(-n2ccc3nc4ncnn4c(-c4ccccc4)c3c2=O)cc1. The topological polar surface area (TPSA) is 82.2 Å². The summed E-state index contributed by atoms with van der Waals surface area (Å²) in [5, 5.41) is 4.73. The summed E-state index contributed by atoms with van der Waals surface area (Å²) in [5.41, 5.74) is 3.07. The number of benzene rings is 2. The molecule has 0 saturated heterocycles. The Morgan fingerprint density at radius 2 is 1.72 bits per heavy atom. The predicted molar refractivity (Wildman–Crippen MR) is 109 cm³/mol. The standard InChI is InChI=1S/C22H15N5O2/c1-14(28)15-7-9-17(10-8-15)26-12-11-18-19(21(26)29)20(16-5-3-2-4-6-16)27-22(25-18)23-13-24-27/h2-13H,1H3. The van der Waals surface area contributed by atoms with Gasteiger partial charge < -0.3 is 0 Å². The molecule has 0 fully saturated rings. The molecule has 0 atom stereocenters. The summed E-state index contributed by atoms with van der Waals surface area (Å²) in [6.45, 7) is 1.51. The maximum Gasteiger partial charge on any atom is 0.266 e. The molecule has 140 valence electrons. The van der Waals surface area contributed by atoms with Crippen LogP contribution in [-0.4, -0.2) is 29.9 Å². The van der Waals surface area contributed by atoms with Gasteiger partial charge in [0.1, 0.15) is 6.33 Å². The van der Waals surface area contributed by atoms with Gasteiger partial charge in [-0.1, -0.05) is 30.3 Å². The average molecular weight is 381 g/mol. The largest absolute Gasteiger partial charge is 0.295 e. The van der Waals surface area contributed by atoms with Crippen molar-refractivity contribution in [3.63, 3.8) is 0 Å². The molecular weight excluding hydrogens is 366 g/mol. The monoisotopic (exact) mass is 381 g/mol. The molecular formula is C22H15N5O2. The zero-order valence-electron chi connectivity index (χ0n) is 15.5. The number of hydrogen-bond donors (Lipinski definition) is 0. The highest BCUT2D eigenvalue weighted by atomic mass is 16.1. The van der Waals surface area contributed by atoms with Gasteiger partial charge in [-0.2, -0.15) is 14.6 Å². The molecule has 0 spiro atoms. The predicted octanol–water partition coefficient (Wildman–Crippen LogP) is 3.30. The maximum atomic E-state index is 13.5. The van der Waals surface area contributed by atoms with E-state index >= 15 is 0 Å². The fourth-order valence-electron chi connectivity index (χ4n) is 3.45. The summed E-state index contributed by atoms with van der Waals surface area (Å²) < 4.78 is 3.13. The van der Waals surface area contributed by atoms with E-state index in [9.17, 15) is 9.59 Å². The number of ketones is 1. The first-order chi connectivity index (χ1) is 14.1. The van der Waals surface area contributed by atoms with Crippen molar-refractivity contribution in [3.05, 3.63) is 89.1 Å². The van der Waals surface area contributed by atoms with Gasteiger partial charge in [0.15, 0.2) is 5.78 Å². The molecule has 7 heteroatoms. The number of pyridine rings is 1. The molecule has 2 aromatic carbocycles. The molecule has 0 aliphatic carbocycles. The van der Waals surface area contributed by atoms with Gasteiger partial charge in [0.05, 0.1) is 16.6 Å². The minimum atomic E-state index is -0.221. The Morgan fingerprint density at radius 1 is 0.966 bits per heavy atom. The Labute approximate surface area is 164 Å². The number of aromatic nitrogens is 5. The minimum absolute atomic E-state index is 0.0217. The second-order valence-corrected chi connectivity index (χ2v) is 6.65. The quantitative estimate of drug-likeness (QED) is 0.448. The second-order valence-electron chi connectivity index (χ2n) is 6.65. The lowest BCUT2D eigenvalue weighted by atomic mass is 10.1. The van der Waals surface area contributed by atoms with E-state index in [-0.39, 0.29) is 11.3 Å². The van der Waals surface area contributed by atoms with Gasteiger partial charge in [-0.15, -0.1) is 0 Å². The lowest BCUT2D eigenvalue weighted by molar-refractivity contribution is 0.101. The average Bonchev–Trinajstić information content (AvgIpc) is 3.21. The van der Waals surface area contributed by atoms with Gasteiger partial charge in [-0.05, 0) is 37.3 Å². The molecule has 3 aromatic heterocycles. The summed E-state index contributed by atoms with van der Waals surface area (Å²) in [7, 11) is 0. The van der Waals surface area contributed by atoms with Crippen LogP contribution in [0.4, 0.5) is 0 Å². The number of nitrogens with zero attached hydrogens (tertiary/aromatic N) is 5. The number of fused-ring (bicyclic) bond motifs is 2. The Bertz CT molecular complexity index is 1430. The van der Waals surface area contributed by atoms with Gasteiger partial charge >= 0.3 is 0 Å². The maximum absolute atomic E-state index is 13.5. The molecule has 3 heterocycles. The van der Waals surface area contributed by atoms with Crippen LogP contribution in [0.3, 0.4) is 0 Å². The van der Waals surface area contributed by atoms with E-state index in [1.54, 1.807) is 45.6 Å². The third-order valence-corrected chi connectivity index (χ3v) is 4.87. The van der Waals surface area contributed by atoms with Gasteiger partial charge in [-0.25, -0.2) is 4.98 Å². The van der Waals surface area contributed by atoms with Crippen LogP contribution < -0.4 is 5.56 Å². The summed E-state index contributed by atoms with van der Waals surface area (Å²) >= 11 is 0. The first-order valence-corrected chi connectivity index (χ1v) is 9.05. The van der Waals surface area contributed by atoms with Crippen molar-refractivity contribution >= 4 is 22.5 Å². The lowest BCUT2D eigenvalue weighted by Gasteiger charge is -2.11. The van der Waals surface area contributed by atoms with E-state index in [4.69, 9.17) is 0 Å². The molecule has 5 rings (SSSR count). The third kappa shape index (κ3) is 2.71. The molecule has 0 aliphatic heterocycles. The van der Waals surface area contributed by atoms with E-state index in [1.807, 2.05) is 30.3 Å². The first-order valence-electron chi connectivity index (χ1n) is 9.05. The molecule has 0 aliphatic rings. The van der Waals surface area contributed by atoms with Crippen LogP contribution >= 0.6 is 0 Å². The molecule has 0 saturated carbocycles. The van der Waals surface area contributed by atoms with E-state index in [0.29, 0.717) is 33.6 Å². The molecule has 0 amide bonds. The van der Waals surface area contributed by atoms with Crippen molar-refractivity contribution < 1.29 is 4.79 Å². The zero-order chi connectivity index (χ0) is 20.0. The number of carbonyl (C=O) groups excluding carboxylic acids is 1. The van der Waals surface area contributed by atoms with Crippen LogP contribution in [0.15, 0.2) is 78.0 Å². The fraction of sp³-hybridized carbons (Fsp3) is 0.0455. The van der Waals surface area contributed by atoms with Gasteiger partial charge in [0, 0.05) is 23.0 Å². The number of hydrogen-bond acceptors (Lipinski definition) is 5. The van der Waals surface area contributed by atoms with Crippen molar-refractivity contribution in [2.75, 3.05) is 0 Å². The first kappa shape index (κ1) is 17.0. The lowest BCUT2D eigenvalue weighted by Crippen LogP contribution is -2.20. The Kier molecular flexibility index (Phi) is 3.80. The van der Waals surface area contributed by atoms with Crippen LogP contribution in [0, 0.1) is 0 Å². The highest BCUT2D eigenvalue weighted by Crippen LogP contribution is 2.26. The molecule has 0 bridgehead atoms. The van der Waals surface area contributed by atoms with E-state index in [0.717, 1.165) is 5.56 Å². The number of carbonyl (C=O) groups is 1. The summed E-state index contributed by atoms with van der Waals surface area (Å²) in [5.74, 6) is 0.408. The van der Waals surface area contributed by atoms with Crippen LogP contribution in [0.1, 0.15) is 17.3 Å². The molecule has 5 aromatic rings. The molecule has 29 heavy (non-hydrogen) atoms. The Balaban J connectivity index is 1.84. The van der Waals surface area contributed by atoms with Crippen LogP contribution in [0.25, 0.3) is 33.6 Å². The van der Waals surface area contributed by atoms with Crippen molar-refractivity contribution in [3.8, 4) is 16.9 Å². The van der Waals surface area contributed by atoms with E-state index in [2.05, 4.69) is 15.1 Å². The highest BCUT2D eigenvalue weighted by Gasteiger charge is 2.17. The second kappa shape index (κ2) is 6.49. The summed E-state index contributed by atoms with van der Waals surface area (Å²) in [6, 6.07) is 18.3. The number of rotatable bonds is 3. The van der Waals surface area contributed by atoms with E-state index in [1.165, 1.54) is 13.3 Å². The normalized spacial score (nSPS) is 11.2. The smallest absolute Gasteiger partial charge is 0.266 e. The molecule has 0 radical (unpaired) electrons. The molecule has 7 nitrogen and oxygen atoms in total. The zero-order valence-corrected chi connectivity index (χ0v) is 15.5. The van der Waals surface area contributed by atoms with Crippen molar-refractivity contribution in [1.29, 1.82) is 0 Å². The van der Waals surface area contributed by atoms with Crippen LogP contribution in [-0.2, 0) is 0 Å². The summed E-state index contributed by atoms with van der Waals surface area (Å²) in [6.07, 6.45) is 3.11. The van der Waals surface area contributed by atoms with Gasteiger partial charge in [0.2, 0.25) is 0 Å². The summed E-state index contributed by atoms with van der Waals surface area (Å²) in [4.78, 5) is 33.7. The number of Topliss-reactive ketones (excluding diaryl/α,β-unsaturated/α-hetero) is 1. The Morgan fingerprint density at radius 3 is 2.45 bits per heavy atom. The van der Waals surface area contributed by atoms with Gasteiger partial charge in [0.25, 0.3) is 11.3 Å². The minimum Gasteiger partial charge on any atom is -0.295 e. The molecule has 0 N–H and O–H groups in total.